The predicted octanol–water partition coefficient (Wildman–Crippen LogP) is 1.34. The molecule has 0 aromatic heterocycles. The molecule has 0 aliphatic carbocycles. The van der Waals surface area contributed by atoms with E-state index in [1.165, 1.54) is 6.07 Å². The minimum atomic E-state index is -4.02. The summed E-state index contributed by atoms with van der Waals surface area (Å²) in [5, 5.41) is 9.14. The maximum Gasteiger partial charge on any atom is 0.243 e. The molecule has 1 unspecified atom stereocenters. The van der Waals surface area contributed by atoms with Crippen molar-refractivity contribution >= 4 is 21.6 Å². The summed E-state index contributed by atoms with van der Waals surface area (Å²) in [6.07, 6.45) is 1.59. The molecule has 2 rings (SSSR count). The van der Waals surface area contributed by atoms with Crippen LogP contribution < -0.4 is 4.72 Å². The Bertz CT molecular complexity index is 624. The molecule has 1 aromatic rings. The van der Waals surface area contributed by atoms with Crippen LogP contribution in [-0.4, -0.2) is 44.6 Å². The smallest absolute Gasteiger partial charge is 0.243 e. The summed E-state index contributed by atoms with van der Waals surface area (Å²) in [5.74, 6) is -0.960. The van der Waals surface area contributed by atoms with E-state index >= 15 is 0 Å². The van der Waals surface area contributed by atoms with E-state index < -0.39 is 27.3 Å². The molecular weight excluding hydrogens is 319 g/mol. The number of piperidine rings is 1. The molecule has 8 heteroatoms. The molecular formula is C13H18ClFN2O3S. The molecule has 0 saturated carbocycles. The average molecular weight is 337 g/mol. The van der Waals surface area contributed by atoms with E-state index in [4.69, 9.17) is 16.7 Å². The third-order valence-electron chi connectivity index (χ3n) is 3.49. The quantitative estimate of drug-likeness (QED) is 0.870. The first kappa shape index (κ1) is 16.6. The van der Waals surface area contributed by atoms with Crippen LogP contribution in [0.1, 0.15) is 18.4 Å². The molecule has 0 amide bonds. The first-order chi connectivity index (χ1) is 9.83. The van der Waals surface area contributed by atoms with Crippen LogP contribution in [0, 0.1) is 5.82 Å². The van der Waals surface area contributed by atoms with Gasteiger partial charge in [-0.25, -0.2) is 17.5 Å². The highest BCUT2D eigenvalue weighted by atomic mass is 35.5. The van der Waals surface area contributed by atoms with Gasteiger partial charge in [0.25, 0.3) is 0 Å². The van der Waals surface area contributed by atoms with Crippen molar-refractivity contribution in [2.75, 3.05) is 20.1 Å². The van der Waals surface area contributed by atoms with Gasteiger partial charge in [0.05, 0.1) is 6.61 Å². The second kappa shape index (κ2) is 6.58. The van der Waals surface area contributed by atoms with E-state index in [9.17, 15) is 12.8 Å². The summed E-state index contributed by atoms with van der Waals surface area (Å²) in [6, 6.07) is 2.01. The highest BCUT2D eigenvalue weighted by molar-refractivity contribution is 7.89. The van der Waals surface area contributed by atoms with E-state index in [1.807, 2.05) is 11.9 Å². The van der Waals surface area contributed by atoms with Crippen LogP contribution in [0.5, 0.6) is 0 Å². The number of aliphatic hydroxyl groups excluding tert-OH is 1. The molecule has 1 atom stereocenters. The average Bonchev–Trinajstić information content (AvgIpc) is 2.40. The summed E-state index contributed by atoms with van der Waals surface area (Å²) in [4.78, 5) is 1.50. The third-order valence-corrected chi connectivity index (χ3v) is 5.22. The number of nitrogens with one attached hydrogen (secondary N) is 1. The van der Waals surface area contributed by atoms with Gasteiger partial charge in [-0.15, -0.1) is 0 Å². The molecule has 0 bridgehead atoms. The number of aliphatic hydroxyl groups is 1. The number of nitrogens with zero attached hydrogens (tertiary/aromatic N) is 1. The van der Waals surface area contributed by atoms with Crippen LogP contribution in [-0.2, 0) is 16.6 Å². The Morgan fingerprint density at radius 1 is 1.52 bits per heavy atom. The van der Waals surface area contributed by atoms with Gasteiger partial charge in [0.15, 0.2) is 0 Å². The van der Waals surface area contributed by atoms with Crippen LogP contribution in [0.4, 0.5) is 4.39 Å². The number of hydrogen-bond donors (Lipinski definition) is 2. The summed E-state index contributed by atoms with van der Waals surface area (Å²) in [5.41, 5.74) is -0.136. The zero-order chi connectivity index (χ0) is 15.6. The van der Waals surface area contributed by atoms with Crippen molar-refractivity contribution in [3.63, 3.8) is 0 Å². The van der Waals surface area contributed by atoms with Gasteiger partial charge in [0.1, 0.15) is 10.7 Å². The van der Waals surface area contributed by atoms with E-state index in [2.05, 4.69) is 4.72 Å². The fourth-order valence-corrected chi connectivity index (χ4v) is 4.19. The lowest BCUT2D eigenvalue weighted by Crippen LogP contribution is -2.46. The molecule has 0 spiro atoms. The van der Waals surface area contributed by atoms with Crippen LogP contribution >= 0.6 is 11.6 Å². The topological polar surface area (TPSA) is 69.6 Å². The van der Waals surface area contributed by atoms with Crippen LogP contribution in [0.3, 0.4) is 0 Å². The Balaban J connectivity index is 2.29. The molecule has 2 N–H and O–H groups in total. The van der Waals surface area contributed by atoms with E-state index in [-0.39, 0.29) is 16.6 Å². The standard InChI is InChI=1S/C13H18ClFN2O3S/c1-17-4-2-3-11(7-17)16-21(19,20)12-6-10(14)5-9(8-18)13(12)15/h5-6,11,16,18H,2-4,7-8H2,1H3. The lowest BCUT2D eigenvalue weighted by atomic mass is 10.1. The zero-order valence-electron chi connectivity index (χ0n) is 11.6. The largest absolute Gasteiger partial charge is 0.392 e. The van der Waals surface area contributed by atoms with E-state index in [0.717, 1.165) is 19.0 Å². The first-order valence-electron chi connectivity index (χ1n) is 6.63. The van der Waals surface area contributed by atoms with Crippen LogP contribution in [0.15, 0.2) is 17.0 Å². The molecule has 1 fully saturated rings. The van der Waals surface area contributed by atoms with Gasteiger partial charge < -0.3 is 10.0 Å². The number of sulfonamides is 1. The molecule has 0 radical (unpaired) electrons. The number of likely N-dealkylation sites (N-methyl/N-ethyl adjacent to an activating group) is 1. The van der Waals surface area contributed by atoms with Crippen molar-refractivity contribution in [2.24, 2.45) is 0 Å². The second-order valence-electron chi connectivity index (χ2n) is 5.26. The van der Waals surface area contributed by atoms with Gasteiger partial charge in [-0.05, 0) is 38.6 Å². The highest BCUT2D eigenvalue weighted by Crippen LogP contribution is 2.24. The fraction of sp³-hybridized carbons (Fsp3) is 0.538. The lowest BCUT2D eigenvalue weighted by molar-refractivity contribution is 0.242. The number of halogens is 2. The van der Waals surface area contributed by atoms with Crippen molar-refractivity contribution < 1.29 is 17.9 Å². The minimum absolute atomic E-state index is 0.0709. The van der Waals surface area contributed by atoms with Gasteiger partial charge in [-0.3, -0.25) is 0 Å². The summed E-state index contributed by atoms with van der Waals surface area (Å²) < 4.78 is 41.3. The van der Waals surface area contributed by atoms with Crippen LogP contribution in [0.25, 0.3) is 0 Å². The normalized spacial score (nSPS) is 20.7. The van der Waals surface area contributed by atoms with Gasteiger partial charge in [-0.1, -0.05) is 11.6 Å². The van der Waals surface area contributed by atoms with Gasteiger partial charge >= 0.3 is 0 Å². The number of hydrogen-bond acceptors (Lipinski definition) is 4. The van der Waals surface area contributed by atoms with Gasteiger partial charge in [0.2, 0.25) is 10.0 Å². The van der Waals surface area contributed by atoms with E-state index in [0.29, 0.717) is 13.0 Å². The molecule has 21 heavy (non-hydrogen) atoms. The van der Waals surface area contributed by atoms with Gasteiger partial charge in [-0.2, -0.15) is 0 Å². The third kappa shape index (κ3) is 3.92. The molecule has 1 aliphatic heterocycles. The van der Waals surface area contributed by atoms with E-state index in [1.54, 1.807) is 0 Å². The molecule has 118 valence electrons. The first-order valence-corrected chi connectivity index (χ1v) is 8.49. The molecule has 5 nitrogen and oxygen atoms in total. The SMILES string of the molecule is CN1CCCC(NS(=O)(=O)c2cc(Cl)cc(CO)c2F)C1. The summed E-state index contributed by atoms with van der Waals surface area (Å²) in [6.45, 7) is 0.883. The van der Waals surface area contributed by atoms with Crippen LogP contribution in [0.2, 0.25) is 5.02 Å². The Hall–Kier alpha value is -0.730. The lowest BCUT2D eigenvalue weighted by Gasteiger charge is -2.30. The molecule has 1 saturated heterocycles. The number of likely N-dealkylation sites (tertiary alicyclic amines) is 1. The van der Waals surface area contributed by atoms with Crippen molar-refractivity contribution in [1.29, 1.82) is 0 Å². The van der Waals surface area contributed by atoms with Crippen molar-refractivity contribution in [3.8, 4) is 0 Å². The maximum absolute atomic E-state index is 14.1. The number of benzene rings is 1. The zero-order valence-corrected chi connectivity index (χ0v) is 13.2. The highest BCUT2D eigenvalue weighted by Gasteiger charge is 2.27. The Morgan fingerprint density at radius 3 is 2.86 bits per heavy atom. The second-order valence-corrected chi connectivity index (χ2v) is 7.38. The Labute approximate surface area is 128 Å². The summed E-state index contributed by atoms with van der Waals surface area (Å²) >= 11 is 5.79. The maximum atomic E-state index is 14.1. The Kier molecular flexibility index (Phi) is 5.21. The molecule has 1 heterocycles. The fourth-order valence-electron chi connectivity index (χ4n) is 2.47. The summed E-state index contributed by atoms with van der Waals surface area (Å²) in [7, 11) is -2.11. The van der Waals surface area contributed by atoms with Gasteiger partial charge in [0, 0.05) is 23.2 Å². The number of rotatable bonds is 4. The molecule has 1 aromatic carbocycles. The van der Waals surface area contributed by atoms with Crippen molar-refractivity contribution in [3.05, 3.63) is 28.5 Å². The minimum Gasteiger partial charge on any atom is -0.392 e. The monoisotopic (exact) mass is 336 g/mol. The van der Waals surface area contributed by atoms with Crippen molar-refractivity contribution in [2.45, 2.75) is 30.4 Å². The van der Waals surface area contributed by atoms with Crippen molar-refractivity contribution in [1.82, 2.24) is 9.62 Å². The Morgan fingerprint density at radius 2 is 2.24 bits per heavy atom. The molecule has 1 aliphatic rings. The predicted molar refractivity (Wildman–Crippen MR) is 78.2 cm³/mol.